The van der Waals surface area contributed by atoms with Gasteiger partial charge in [0.15, 0.2) is 5.76 Å². The molecular formula is C25H26ClN3O3S. The number of benzene rings is 1. The van der Waals surface area contributed by atoms with Crippen molar-refractivity contribution in [3.05, 3.63) is 80.9 Å². The Kier molecular flexibility index (Phi) is 6.53. The van der Waals surface area contributed by atoms with Crippen LogP contribution < -0.4 is 0 Å². The Bertz CT molecular complexity index is 1110. The van der Waals surface area contributed by atoms with E-state index >= 15 is 0 Å². The number of fused-ring (bicyclic) bond motifs is 1. The molecule has 2 aliphatic rings. The molecule has 0 aliphatic carbocycles. The highest BCUT2D eigenvalue weighted by Crippen LogP contribution is 2.38. The molecule has 5 rings (SSSR count). The summed E-state index contributed by atoms with van der Waals surface area (Å²) in [5.74, 6) is 0.346. The SMILES string of the molecule is O=C(CN1CCc2sccc2[C@@H]1c1ccc(Cl)cc1)N1CCCN(C(=O)c2ccco2)CC1. The van der Waals surface area contributed by atoms with E-state index in [-0.39, 0.29) is 17.9 Å². The van der Waals surface area contributed by atoms with Gasteiger partial charge in [-0.2, -0.15) is 0 Å². The van der Waals surface area contributed by atoms with Gasteiger partial charge in [-0.25, -0.2) is 0 Å². The van der Waals surface area contributed by atoms with Crippen LogP contribution in [0.5, 0.6) is 0 Å². The van der Waals surface area contributed by atoms with Crippen LogP contribution in [0.25, 0.3) is 0 Å². The van der Waals surface area contributed by atoms with Crippen molar-refractivity contribution in [1.29, 1.82) is 0 Å². The van der Waals surface area contributed by atoms with E-state index in [1.165, 1.54) is 16.7 Å². The number of nitrogens with zero attached hydrogens (tertiary/aromatic N) is 3. The minimum Gasteiger partial charge on any atom is -0.459 e. The fourth-order valence-corrected chi connectivity index (χ4v) is 5.80. The van der Waals surface area contributed by atoms with Crippen molar-refractivity contribution in [3.8, 4) is 0 Å². The summed E-state index contributed by atoms with van der Waals surface area (Å²) in [5, 5.41) is 2.85. The van der Waals surface area contributed by atoms with E-state index in [9.17, 15) is 9.59 Å². The number of rotatable bonds is 4. The van der Waals surface area contributed by atoms with Gasteiger partial charge in [-0.05, 0) is 59.7 Å². The van der Waals surface area contributed by atoms with Crippen molar-refractivity contribution >= 4 is 34.8 Å². The smallest absolute Gasteiger partial charge is 0.289 e. The van der Waals surface area contributed by atoms with Gasteiger partial charge in [0, 0.05) is 42.6 Å². The highest BCUT2D eigenvalue weighted by Gasteiger charge is 2.32. The summed E-state index contributed by atoms with van der Waals surface area (Å²) in [6.45, 7) is 3.52. The van der Waals surface area contributed by atoms with Gasteiger partial charge >= 0.3 is 0 Å². The van der Waals surface area contributed by atoms with E-state index in [2.05, 4.69) is 28.5 Å². The fourth-order valence-electron chi connectivity index (χ4n) is 4.77. The van der Waals surface area contributed by atoms with E-state index in [0.29, 0.717) is 43.5 Å². The average Bonchev–Trinajstić information content (AvgIpc) is 3.47. The molecule has 1 fully saturated rings. The average molecular weight is 484 g/mol. The Morgan fingerprint density at radius 2 is 1.79 bits per heavy atom. The van der Waals surface area contributed by atoms with E-state index in [1.807, 2.05) is 17.0 Å². The van der Waals surface area contributed by atoms with Crippen LogP contribution in [0.2, 0.25) is 5.02 Å². The Morgan fingerprint density at radius 1 is 1.00 bits per heavy atom. The molecule has 2 amide bonds. The zero-order chi connectivity index (χ0) is 22.8. The summed E-state index contributed by atoms with van der Waals surface area (Å²) in [6, 6.07) is 13.6. The summed E-state index contributed by atoms with van der Waals surface area (Å²) in [4.78, 5) is 33.3. The molecule has 2 aromatic heterocycles. The van der Waals surface area contributed by atoms with Gasteiger partial charge in [-0.3, -0.25) is 14.5 Å². The molecule has 0 unspecified atom stereocenters. The van der Waals surface area contributed by atoms with E-state index in [0.717, 1.165) is 24.9 Å². The lowest BCUT2D eigenvalue weighted by molar-refractivity contribution is -0.132. The molecule has 0 N–H and O–H groups in total. The summed E-state index contributed by atoms with van der Waals surface area (Å²) in [6.07, 6.45) is 3.22. The first-order valence-corrected chi connectivity index (χ1v) is 12.5. The van der Waals surface area contributed by atoms with Crippen molar-refractivity contribution < 1.29 is 14.0 Å². The van der Waals surface area contributed by atoms with Crippen LogP contribution in [0, 0.1) is 0 Å². The number of hydrogen-bond donors (Lipinski definition) is 0. The Balaban J connectivity index is 1.28. The second-order valence-corrected chi connectivity index (χ2v) is 9.91. The van der Waals surface area contributed by atoms with Crippen LogP contribution in [0.3, 0.4) is 0 Å². The van der Waals surface area contributed by atoms with Crippen molar-refractivity contribution in [1.82, 2.24) is 14.7 Å². The molecule has 3 aromatic rings. The van der Waals surface area contributed by atoms with Crippen LogP contribution in [-0.2, 0) is 11.2 Å². The van der Waals surface area contributed by atoms with E-state index < -0.39 is 0 Å². The highest BCUT2D eigenvalue weighted by molar-refractivity contribution is 7.10. The van der Waals surface area contributed by atoms with Gasteiger partial charge in [-0.15, -0.1) is 11.3 Å². The maximum Gasteiger partial charge on any atom is 0.289 e. The predicted octanol–water partition coefficient (Wildman–Crippen LogP) is 4.32. The van der Waals surface area contributed by atoms with Crippen LogP contribution in [0.1, 0.15) is 39.0 Å². The molecule has 8 heteroatoms. The standard InChI is InChI=1S/C25H26ClN3O3S/c26-19-6-4-18(5-7-19)24-20-9-16-33-22(20)8-12-29(24)17-23(30)27-10-2-11-28(14-13-27)25(31)21-3-1-15-32-21/h1,3-7,9,15-16,24H,2,8,10-14,17H2/t24-/m0/s1. The zero-order valence-corrected chi connectivity index (χ0v) is 19.9. The maximum atomic E-state index is 13.3. The molecule has 0 saturated carbocycles. The number of amides is 2. The molecular weight excluding hydrogens is 458 g/mol. The van der Waals surface area contributed by atoms with Crippen molar-refractivity contribution in [2.45, 2.75) is 18.9 Å². The molecule has 172 valence electrons. The minimum absolute atomic E-state index is 0.0465. The second kappa shape index (κ2) is 9.71. The van der Waals surface area contributed by atoms with Crippen molar-refractivity contribution in [2.24, 2.45) is 0 Å². The fraction of sp³-hybridized carbons (Fsp3) is 0.360. The number of carbonyl (C=O) groups excluding carboxylic acids is 2. The Labute approximate surface area is 202 Å². The third-order valence-corrected chi connectivity index (χ3v) is 7.71. The Hall–Kier alpha value is -2.61. The lowest BCUT2D eigenvalue weighted by atomic mass is 9.93. The molecule has 33 heavy (non-hydrogen) atoms. The first-order valence-electron chi connectivity index (χ1n) is 11.3. The molecule has 1 saturated heterocycles. The molecule has 6 nitrogen and oxygen atoms in total. The van der Waals surface area contributed by atoms with Crippen LogP contribution in [-0.4, -0.2) is 65.8 Å². The van der Waals surface area contributed by atoms with Gasteiger partial charge < -0.3 is 14.2 Å². The summed E-state index contributed by atoms with van der Waals surface area (Å²) < 4.78 is 5.26. The number of thiophene rings is 1. The number of carbonyl (C=O) groups is 2. The molecule has 0 spiro atoms. The number of hydrogen-bond acceptors (Lipinski definition) is 5. The third-order valence-electron chi connectivity index (χ3n) is 6.46. The first-order chi connectivity index (χ1) is 16.1. The van der Waals surface area contributed by atoms with Gasteiger partial charge in [0.1, 0.15) is 0 Å². The van der Waals surface area contributed by atoms with Crippen molar-refractivity contribution in [2.75, 3.05) is 39.3 Å². The molecule has 4 heterocycles. The van der Waals surface area contributed by atoms with Gasteiger partial charge in [0.05, 0.1) is 18.8 Å². The monoisotopic (exact) mass is 483 g/mol. The molecule has 1 atom stereocenters. The van der Waals surface area contributed by atoms with E-state index in [1.54, 1.807) is 28.4 Å². The minimum atomic E-state index is -0.113. The van der Waals surface area contributed by atoms with Crippen LogP contribution in [0.4, 0.5) is 0 Å². The lowest BCUT2D eigenvalue weighted by Gasteiger charge is -2.37. The van der Waals surface area contributed by atoms with Gasteiger partial charge in [0.25, 0.3) is 5.91 Å². The van der Waals surface area contributed by atoms with Gasteiger partial charge in [-0.1, -0.05) is 23.7 Å². The highest BCUT2D eigenvalue weighted by atomic mass is 35.5. The third kappa shape index (κ3) is 4.71. The first kappa shape index (κ1) is 22.2. The predicted molar refractivity (Wildman–Crippen MR) is 129 cm³/mol. The van der Waals surface area contributed by atoms with Gasteiger partial charge in [0.2, 0.25) is 5.91 Å². The van der Waals surface area contributed by atoms with Crippen LogP contribution >= 0.6 is 22.9 Å². The summed E-state index contributed by atoms with van der Waals surface area (Å²) in [5.41, 5.74) is 2.44. The topological polar surface area (TPSA) is 57.0 Å². The Morgan fingerprint density at radius 3 is 2.58 bits per heavy atom. The summed E-state index contributed by atoms with van der Waals surface area (Å²) in [7, 11) is 0. The molecule has 2 aliphatic heterocycles. The zero-order valence-electron chi connectivity index (χ0n) is 18.3. The number of furan rings is 1. The maximum absolute atomic E-state index is 13.3. The van der Waals surface area contributed by atoms with E-state index in [4.69, 9.17) is 16.0 Å². The largest absolute Gasteiger partial charge is 0.459 e. The molecule has 1 aromatic carbocycles. The van der Waals surface area contributed by atoms with Crippen molar-refractivity contribution in [3.63, 3.8) is 0 Å². The summed E-state index contributed by atoms with van der Waals surface area (Å²) >= 11 is 7.92. The molecule has 0 bridgehead atoms. The van der Waals surface area contributed by atoms with Crippen LogP contribution in [0.15, 0.2) is 58.5 Å². The number of halogens is 1. The normalized spacial score (nSPS) is 19.2. The lowest BCUT2D eigenvalue weighted by Crippen LogP contribution is -2.45. The quantitative estimate of drug-likeness (QED) is 0.554. The molecule has 0 radical (unpaired) electrons. The second-order valence-electron chi connectivity index (χ2n) is 8.48.